The van der Waals surface area contributed by atoms with E-state index in [2.05, 4.69) is 6.07 Å². The first kappa shape index (κ1) is 11.7. The Morgan fingerprint density at radius 2 is 1.63 bits per heavy atom. The maximum Gasteiger partial charge on any atom is 0.273 e. The molecule has 0 amide bonds. The third-order valence-electron chi connectivity index (χ3n) is 3.80. The summed E-state index contributed by atoms with van der Waals surface area (Å²) in [6.45, 7) is 3.75. The van der Waals surface area contributed by atoms with Crippen molar-refractivity contribution >= 4 is 27.2 Å². The quantitative estimate of drug-likeness (QED) is 0.362. The van der Waals surface area contributed by atoms with Gasteiger partial charge in [-0.05, 0) is 41.0 Å². The first-order valence-electron chi connectivity index (χ1n) is 6.15. The molecule has 3 aromatic rings. The molecule has 3 nitrogen and oxygen atoms in total. The van der Waals surface area contributed by atoms with Gasteiger partial charge in [0.05, 0.1) is 4.92 Å². The van der Waals surface area contributed by atoms with E-state index in [0.717, 1.165) is 32.7 Å². The Balaban J connectivity index is 2.55. The van der Waals surface area contributed by atoms with Crippen LogP contribution in [-0.2, 0) is 0 Å². The molecule has 0 heterocycles. The molecular formula is C16H13NO2. The smallest absolute Gasteiger partial charge is 0.258 e. The van der Waals surface area contributed by atoms with Gasteiger partial charge in [-0.25, -0.2) is 0 Å². The van der Waals surface area contributed by atoms with E-state index in [4.69, 9.17) is 0 Å². The monoisotopic (exact) mass is 251 g/mol. The molecule has 0 spiro atoms. The van der Waals surface area contributed by atoms with E-state index in [1.165, 1.54) is 0 Å². The molecule has 3 rings (SSSR count). The predicted molar refractivity (Wildman–Crippen MR) is 77.6 cm³/mol. The van der Waals surface area contributed by atoms with E-state index >= 15 is 0 Å². The zero-order valence-electron chi connectivity index (χ0n) is 10.8. The van der Waals surface area contributed by atoms with E-state index < -0.39 is 0 Å². The fraction of sp³-hybridized carbons (Fsp3) is 0.125. The van der Waals surface area contributed by atoms with Crippen molar-refractivity contribution in [1.82, 2.24) is 0 Å². The lowest BCUT2D eigenvalue weighted by molar-refractivity contribution is -0.385. The SMILES string of the molecule is Cc1c([N+](=O)[O-])cc2c(ccc3ccccc32)c1C. The van der Waals surface area contributed by atoms with Crippen LogP contribution in [0.4, 0.5) is 5.69 Å². The van der Waals surface area contributed by atoms with E-state index in [9.17, 15) is 10.1 Å². The Morgan fingerprint density at radius 3 is 2.37 bits per heavy atom. The van der Waals surface area contributed by atoms with Crippen LogP contribution in [0.2, 0.25) is 0 Å². The van der Waals surface area contributed by atoms with E-state index in [1.807, 2.05) is 44.2 Å². The topological polar surface area (TPSA) is 43.1 Å². The number of benzene rings is 3. The van der Waals surface area contributed by atoms with Crippen LogP contribution in [0.15, 0.2) is 42.5 Å². The Hall–Kier alpha value is -2.42. The molecule has 0 aliphatic carbocycles. The molecule has 0 N–H and O–H groups in total. The number of fused-ring (bicyclic) bond motifs is 3. The van der Waals surface area contributed by atoms with Crippen molar-refractivity contribution in [2.24, 2.45) is 0 Å². The second-order valence-electron chi connectivity index (χ2n) is 4.78. The van der Waals surface area contributed by atoms with Gasteiger partial charge in [-0.2, -0.15) is 0 Å². The average molecular weight is 251 g/mol. The third-order valence-corrected chi connectivity index (χ3v) is 3.80. The Bertz CT molecular complexity index is 822. The summed E-state index contributed by atoms with van der Waals surface area (Å²) in [5, 5.41) is 15.4. The first-order chi connectivity index (χ1) is 9.09. The molecule has 3 heteroatoms. The van der Waals surface area contributed by atoms with Crippen LogP contribution in [0.5, 0.6) is 0 Å². The minimum absolute atomic E-state index is 0.196. The minimum atomic E-state index is -0.302. The highest BCUT2D eigenvalue weighted by Crippen LogP contribution is 2.34. The van der Waals surface area contributed by atoms with Gasteiger partial charge in [-0.1, -0.05) is 36.4 Å². The lowest BCUT2D eigenvalue weighted by Gasteiger charge is -2.09. The molecule has 3 aromatic carbocycles. The van der Waals surface area contributed by atoms with Crippen molar-refractivity contribution in [2.45, 2.75) is 13.8 Å². The van der Waals surface area contributed by atoms with Crippen molar-refractivity contribution in [1.29, 1.82) is 0 Å². The highest BCUT2D eigenvalue weighted by molar-refractivity contribution is 6.09. The summed E-state index contributed by atoms with van der Waals surface area (Å²) in [6, 6.07) is 13.8. The van der Waals surface area contributed by atoms with E-state index in [-0.39, 0.29) is 10.6 Å². The summed E-state index contributed by atoms with van der Waals surface area (Å²) < 4.78 is 0. The van der Waals surface area contributed by atoms with Crippen LogP contribution in [0.3, 0.4) is 0 Å². The molecular weight excluding hydrogens is 238 g/mol. The zero-order valence-corrected chi connectivity index (χ0v) is 10.8. The molecule has 0 aliphatic heterocycles. The Morgan fingerprint density at radius 1 is 0.895 bits per heavy atom. The number of nitrogens with zero attached hydrogens (tertiary/aromatic N) is 1. The number of nitro groups is 1. The van der Waals surface area contributed by atoms with Gasteiger partial charge in [0, 0.05) is 11.6 Å². The number of hydrogen-bond donors (Lipinski definition) is 0. The van der Waals surface area contributed by atoms with Crippen LogP contribution in [0.25, 0.3) is 21.5 Å². The second-order valence-corrected chi connectivity index (χ2v) is 4.78. The molecule has 0 atom stereocenters. The fourth-order valence-electron chi connectivity index (χ4n) is 2.61. The van der Waals surface area contributed by atoms with Crippen LogP contribution in [0.1, 0.15) is 11.1 Å². The maximum absolute atomic E-state index is 11.2. The van der Waals surface area contributed by atoms with Crippen molar-refractivity contribution in [3.8, 4) is 0 Å². The predicted octanol–water partition coefficient (Wildman–Crippen LogP) is 4.52. The third kappa shape index (κ3) is 1.66. The van der Waals surface area contributed by atoms with Crippen molar-refractivity contribution in [3.05, 3.63) is 63.7 Å². The highest BCUT2D eigenvalue weighted by atomic mass is 16.6. The van der Waals surface area contributed by atoms with Gasteiger partial charge in [-0.3, -0.25) is 10.1 Å². The molecule has 0 radical (unpaired) electrons. The van der Waals surface area contributed by atoms with Crippen LogP contribution in [0, 0.1) is 24.0 Å². The van der Waals surface area contributed by atoms with E-state index in [0.29, 0.717) is 0 Å². The first-order valence-corrected chi connectivity index (χ1v) is 6.15. The van der Waals surface area contributed by atoms with Crippen LogP contribution >= 0.6 is 0 Å². The highest BCUT2D eigenvalue weighted by Gasteiger charge is 2.16. The van der Waals surface area contributed by atoms with Crippen LogP contribution in [-0.4, -0.2) is 4.92 Å². The summed E-state index contributed by atoms with van der Waals surface area (Å²) in [4.78, 5) is 10.9. The van der Waals surface area contributed by atoms with E-state index in [1.54, 1.807) is 6.07 Å². The Kier molecular flexibility index (Phi) is 2.49. The number of aryl methyl sites for hydroxylation is 1. The normalized spacial score (nSPS) is 11.1. The maximum atomic E-state index is 11.2. The van der Waals surface area contributed by atoms with Gasteiger partial charge in [-0.15, -0.1) is 0 Å². The van der Waals surface area contributed by atoms with Gasteiger partial charge < -0.3 is 0 Å². The number of hydrogen-bond acceptors (Lipinski definition) is 2. The minimum Gasteiger partial charge on any atom is -0.258 e. The zero-order chi connectivity index (χ0) is 13.6. The lowest BCUT2D eigenvalue weighted by Crippen LogP contribution is -1.95. The van der Waals surface area contributed by atoms with Gasteiger partial charge in [0.25, 0.3) is 5.69 Å². The fourth-order valence-corrected chi connectivity index (χ4v) is 2.61. The summed E-state index contributed by atoms with van der Waals surface area (Å²) >= 11 is 0. The molecule has 0 aromatic heterocycles. The van der Waals surface area contributed by atoms with Gasteiger partial charge in [0.2, 0.25) is 0 Å². The van der Waals surface area contributed by atoms with Crippen LogP contribution < -0.4 is 0 Å². The van der Waals surface area contributed by atoms with Gasteiger partial charge in [0.15, 0.2) is 0 Å². The summed E-state index contributed by atoms with van der Waals surface area (Å²) in [7, 11) is 0. The largest absolute Gasteiger partial charge is 0.273 e. The summed E-state index contributed by atoms with van der Waals surface area (Å²) in [5.74, 6) is 0. The lowest BCUT2D eigenvalue weighted by atomic mass is 9.95. The average Bonchev–Trinajstić information content (AvgIpc) is 2.42. The molecule has 0 unspecified atom stereocenters. The summed E-state index contributed by atoms with van der Waals surface area (Å²) in [5.41, 5.74) is 1.92. The molecule has 0 saturated heterocycles. The molecule has 0 saturated carbocycles. The number of nitro benzene ring substituents is 1. The number of rotatable bonds is 1. The van der Waals surface area contributed by atoms with Crippen molar-refractivity contribution < 1.29 is 4.92 Å². The van der Waals surface area contributed by atoms with Crippen molar-refractivity contribution in [3.63, 3.8) is 0 Å². The second kappa shape index (κ2) is 4.05. The van der Waals surface area contributed by atoms with Gasteiger partial charge >= 0.3 is 0 Å². The van der Waals surface area contributed by atoms with Crippen molar-refractivity contribution in [2.75, 3.05) is 0 Å². The molecule has 0 bridgehead atoms. The molecule has 19 heavy (non-hydrogen) atoms. The molecule has 0 aliphatic rings. The Labute approximate surface area is 110 Å². The molecule has 0 fully saturated rings. The van der Waals surface area contributed by atoms with Gasteiger partial charge in [0.1, 0.15) is 0 Å². The summed E-state index contributed by atoms with van der Waals surface area (Å²) in [6.07, 6.45) is 0. The molecule has 94 valence electrons. The standard InChI is InChI=1S/C16H13NO2/c1-10-11(2)16(17(18)19)9-15-13(10)8-7-12-5-3-4-6-14(12)15/h3-9H,1-2H3.